The van der Waals surface area contributed by atoms with Crippen LogP contribution in [0.3, 0.4) is 0 Å². The van der Waals surface area contributed by atoms with Gasteiger partial charge in [0.25, 0.3) is 0 Å². The summed E-state index contributed by atoms with van der Waals surface area (Å²) in [5.41, 5.74) is 1.01. The molecule has 2 nitrogen and oxygen atoms in total. The molecule has 0 aliphatic rings. The highest BCUT2D eigenvalue weighted by atomic mass is 19.2. The minimum atomic E-state index is -2.56. The summed E-state index contributed by atoms with van der Waals surface area (Å²) in [6, 6.07) is 12.7. The van der Waals surface area contributed by atoms with Crippen molar-refractivity contribution in [3.8, 4) is 11.4 Å². The van der Waals surface area contributed by atoms with Crippen molar-refractivity contribution in [2.75, 3.05) is 0 Å². The number of rotatable bonds is 2. The Balaban J connectivity index is 2.28. The molecule has 18 heavy (non-hydrogen) atoms. The topological polar surface area (TPSA) is 17.8 Å². The van der Waals surface area contributed by atoms with Crippen LogP contribution in [0.4, 0.5) is 8.63 Å². The van der Waals surface area contributed by atoms with Crippen LogP contribution in [0.1, 0.15) is 0 Å². The van der Waals surface area contributed by atoms with Gasteiger partial charge in [0, 0.05) is 11.6 Å². The van der Waals surface area contributed by atoms with Gasteiger partial charge >= 0.3 is 7.40 Å². The molecule has 0 atom stereocenters. The van der Waals surface area contributed by atoms with Crippen molar-refractivity contribution in [1.82, 2.24) is 9.46 Å². The number of nitrogens with zero attached hydrogens (tertiary/aromatic N) is 2. The first-order chi connectivity index (χ1) is 8.77. The third kappa shape index (κ3) is 1.68. The summed E-state index contributed by atoms with van der Waals surface area (Å²) in [6.45, 7) is 0. The second-order valence-electron chi connectivity index (χ2n) is 3.96. The highest BCUT2D eigenvalue weighted by Gasteiger charge is 2.21. The predicted octanol–water partition coefficient (Wildman–Crippen LogP) is 3.48. The maximum absolute atomic E-state index is 12.9. The van der Waals surface area contributed by atoms with Crippen LogP contribution in [-0.4, -0.2) is 16.9 Å². The van der Waals surface area contributed by atoms with Crippen LogP contribution in [0.5, 0.6) is 0 Å². The highest BCUT2D eigenvalue weighted by Crippen LogP contribution is 2.27. The fourth-order valence-electron chi connectivity index (χ4n) is 2.09. The van der Waals surface area contributed by atoms with Crippen LogP contribution in [0.25, 0.3) is 22.2 Å². The Morgan fingerprint density at radius 1 is 1.00 bits per heavy atom. The standard InChI is InChI=1S/C13H9BF2N2/c15-14(16)18-9-3-6-12(18)13-11-5-2-1-4-10(11)7-8-17-13/h1-9H. The average Bonchev–Trinajstić information content (AvgIpc) is 2.87. The molecule has 0 unspecified atom stereocenters. The molecule has 3 rings (SSSR count). The fourth-order valence-corrected chi connectivity index (χ4v) is 2.09. The van der Waals surface area contributed by atoms with Crippen molar-refractivity contribution in [3.05, 3.63) is 54.9 Å². The molecule has 0 fully saturated rings. The van der Waals surface area contributed by atoms with E-state index < -0.39 is 7.40 Å². The van der Waals surface area contributed by atoms with Crippen molar-refractivity contribution >= 4 is 18.2 Å². The van der Waals surface area contributed by atoms with Gasteiger partial charge in [-0.1, -0.05) is 24.3 Å². The van der Waals surface area contributed by atoms with Crippen molar-refractivity contribution in [1.29, 1.82) is 0 Å². The summed E-state index contributed by atoms with van der Waals surface area (Å²) in [5, 5.41) is 1.87. The molecule has 0 N–H and O–H groups in total. The zero-order valence-electron chi connectivity index (χ0n) is 9.42. The number of benzene rings is 1. The van der Waals surface area contributed by atoms with Gasteiger partial charge < -0.3 is 4.48 Å². The minimum Gasteiger partial charge on any atom is -0.330 e. The average molecular weight is 242 g/mol. The van der Waals surface area contributed by atoms with Gasteiger partial charge in [0.2, 0.25) is 0 Å². The number of aromatic nitrogens is 2. The molecule has 5 heteroatoms. The van der Waals surface area contributed by atoms with Gasteiger partial charge in [0.1, 0.15) is 0 Å². The van der Waals surface area contributed by atoms with E-state index >= 15 is 0 Å². The lowest BCUT2D eigenvalue weighted by molar-refractivity contribution is 0.631. The SMILES string of the molecule is FB(F)n1cccc1-c1nccc2ccccc12. The highest BCUT2D eigenvalue weighted by molar-refractivity contribution is 6.41. The third-order valence-corrected chi connectivity index (χ3v) is 2.91. The molecule has 0 saturated carbocycles. The number of pyridine rings is 1. The van der Waals surface area contributed by atoms with E-state index in [1.54, 1.807) is 18.3 Å². The molecular weight excluding hydrogens is 233 g/mol. The van der Waals surface area contributed by atoms with Crippen molar-refractivity contribution < 1.29 is 8.63 Å². The molecule has 0 amide bonds. The number of halogens is 2. The molecule has 2 heterocycles. The van der Waals surface area contributed by atoms with E-state index in [4.69, 9.17) is 0 Å². The molecule has 0 saturated heterocycles. The minimum absolute atomic E-state index is 0.432. The van der Waals surface area contributed by atoms with Crippen LogP contribution in [0.2, 0.25) is 0 Å². The third-order valence-electron chi connectivity index (χ3n) is 2.91. The van der Waals surface area contributed by atoms with Crippen LogP contribution < -0.4 is 0 Å². The first kappa shape index (κ1) is 11.0. The Hall–Kier alpha value is -2.17. The van der Waals surface area contributed by atoms with Gasteiger partial charge in [-0.3, -0.25) is 13.6 Å². The summed E-state index contributed by atoms with van der Waals surface area (Å²) in [7, 11) is -2.56. The first-order valence-electron chi connectivity index (χ1n) is 5.56. The summed E-state index contributed by atoms with van der Waals surface area (Å²) < 4.78 is 26.7. The summed E-state index contributed by atoms with van der Waals surface area (Å²) in [5.74, 6) is 0. The second kappa shape index (κ2) is 4.25. The van der Waals surface area contributed by atoms with Gasteiger partial charge in [-0.05, 0) is 29.8 Å². The molecule has 0 aliphatic carbocycles. The smallest absolute Gasteiger partial charge is 0.330 e. The fraction of sp³-hybridized carbons (Fsp3) is 0. The molecule has 3 aromatic rings. The number of fused-ring (bicyclic) bond motifs is 1. The molecule has 88 valence electrons. The van der Waals surface area contributed by atoms with Gasteiger partial charge in [0.15, 0.2) is 0 Å². The molecule has 1 aromatic carbocycles. The Morgan fingerprint density at radius 2 is 1.83 bits per heavy atom. The van der Waals surface area contributed by atoms with E-state index in [1.165, 1.54) is 6.20 Å². The second-order valence-corrected chi connectivity index (χ2v) is 3.96. The van der Waals surface area contributed by atoms with E-state index in [0.717, 1.165) is 15.3 Å². The van der Waals surface area contributed by atoms with Crippen LogP contribution in [0, 0.1) is 0 Å². The van der Waals surface area contributed by atoms with Crippen LogP contribution in [-0.2, 0) is 0 Å². The van der Waals surface area contributed by atoms with Gasteiger partial charge in [-0.25, -0.2) is 0 Å². The quantitative estimate of drug-likeness (QED) is 0.629. The first-order valence-corrected chi connectivity index (χ1v) is 5.56. The Labute approximate surface area is 103 Å². The van der Waals surface area contributed by atoms with E-state index in [1.807, 2.05) is 30.3 Å². The molecule has 0 aliphatic heterocycles. The maximum atomic E-state index is 12.9. The summed E-state index contributed by atoms with van der Waals surface area (Å²) >= 11 is 0. The van der Waals surface area contributed by atoms with Gasteiger partial charge in [0.05, 0.1) is 11.4 Å². The summed E-state index contributed by atoms with van der Waals surface area (Å²) in [4.78, 5) is 4.24. The van der Waals surface area contributed by atoms with Crippen LogP contribution >= 0.6 is 0 Å². The molecule has 2 aromatic heterocycles. The lowest BCUT2D eigenvalue weighted by atomic mass is 10.1. The number of hydrogen-bond donors (Lipinski definition) is 0. The maximum Gasteiger partial charge on any atom is 0.677 e. The molecular formula is C13H9BF2N2. The van der Waals surface area contributed by atoms with E-state index in [0.29, 0.717) is 11.4 Å². The zero-order valence-corrected chi connectivity index (χ0v) is 9.42. The Kier molecular flexibility index (Phi) is 2.59. The lowest BCUT2D eigenvalue weighted by Gasteiger charge is -2.08. The Morgan fingerprint density at radius 3 is 2.67 bits per heavy atom. The van der Waals surface area contributed by atoms with E-state index in [2.05, 4.69) is 4.98 Å². The predicted molar refractivity (Wildman–Crippen MR) is 68.5 cm³/mol. The summed E-state index contributed by atoms with van der Waals surface area (Å²) in [6.07, 6.45) is 3.00. The molecule has 0 bridgehead atoms. The van der Waals surface area contributed by atoms with Crippen molar-refractivity contribution in [2.45, 2.75) is 0 Å². The number of hydrogen-bond acceptors (Lipinski definition) is 1. The van der Waals surface area contributed by atoms with Gasteiger partial charge in [-0.15, -0.1) is 0 Å². The lowest BCUT2D eigenvalue weighted by Crippen LogP contribution is -2.13. The van der Waals surface area contributed by atoms with E-state index in [9.17, 15) is 8.63 Å². The molecule has 0 radical (unpaired) electrons. The van der Waals surface area contributed by atoms with E-state index in [-0.39, 0.29) is 0 Å². The normalized spacial score (nSPS) is 10.8. The monoisotopic (exact) mass is 242 g/mol. The van der Waals surface area contributed by atoms with Crippen LogP contribution in [0.15, 0.2) is 54.9 Å². The van der Waals surface area contributed by atoms with Crippen molar-refractivity contribution in [3.63, 3.8) is 0 Å². The molecule has 0 spiro atoms. The Bertz CT molecular complexity index is 689. The van der Waals surface area contributed by atoms with Crippen molar-refractivity contribution in [2.24, 2.45) is 0 Å². The van der Waals surface area contributed by atoms with Gasteiger partial charge in [-0.2, -0.15) is 0 Å². The largest absolute Gasteiger partial charge is 0.677 e. The zero-order chi connectivity index (χ0) is 12.5.